The number of benzene rings is 1. The lowest BCUT2D eigenvalue weighted by molar-refractivity contribution is -0.141. The summed E-state index contributed by atoms with van der Waals surface area (Å²) >= 11 is 0.727. The van der Waals surface area contributed by atoms with E-state index in [4.69, 9.17) is 0 Å². The fraction of sp³-hybridized carbons (Fsp3) is 0.118. The van der Waals surface area contributed by atoms with Gasteiger partial charge in [-0.1, -0.05) is 30.3 Å². The van der Waals surface area contributed by atoms with E-state index in [0.717, 1.165) is 16.9 Å². The fourth-order valence-electron chi connectivity index (χ4n) is 2.13. The first-order valence-electron chi connectivity index (χ1n) is 7.25. The monoisotopic (exact) mass is 363 g/mol. The van der Waals surface area contributed by atoms with E-state index in [0.29, 0.717) is 5.56 Å². The topological polar surface area (TPSA) is 54.9 Å². The Morgan fingerprint density at radius 3 is 2.40 bits per heavy atom. The average molecular weight is 363 g/mol. The number of carbonyl (C=O) groups excluding carboxylic acids is 1. The van der Waals surface area contributed by atoms with Gasteiger partial charge in [-0.2, -0.15) is 13.2 Å². The Balaban J connectivity index is 1.88. The molecular weight excluding hydrogens is 351 g/mol. The van der Waals surface area contributed by atoms with Gasteiger partial charge in [0, 0.05) is 24.5 Å². The third-order valence-electron chi connectivity index (χ3n) is 3.33. The van der Waals surface area contributed by atoms with Crippen LogP contribution >= 0.6 is 11.3 Å². The minimum atomic E-state index is -4.70. The van der Waals surface area contributed by atoms with Gasteiger partial charge in [-0.05, 0) is 17.7 Å². The number of halogens is 3. The van der Waals surface area contributed by atoms with Gasteiger partial charge in [0.2, 0.25) is 0 Å². The van der Waals surface area contributed by atoms with Gasteiger partial charge in [-0.3, -0.25) is 9.78 Å². The van der Waals surface area contributed by atoms with Crippen LogP contribution in [0.1, 0.15) is 20.9 Å². The average Bonchev–Trinajstić information content (AvgIpc) is 3.07. The molecule has 0 radical (unpaired) electrons. The van der Waals surface area contributed by atoms with Gasteiger partial charge in [0.05, 0.1) is 0 Å². The van der Waals surface area contributed by atoms with Gasteiger partial charge in [0.25, 0.3) is 5.91 Å². The molecule has 0 atom stereocenters. The van der Waals surface area contributed by atoms with Crippen molar-refractivity contribution in [1.82, 2.24) is 15.3 Å². The highest BCUT2D eigenvalue weighted by Gasteiger charge is 2.39. The van der Waals surface area contributed by atoms with E-state index in [1.807, 2.05) is 0 Å². The summed E-state index contributed by atoms with van der Waals surface area (Å²) in [5.74, 6) is -0.802. The number of aromatic nitrogens is 2. The maximum Gasteiger partial charge on any atom is 0.435 e. The zero-order chi connectivity index (χ0) is 17.9. The number of hydrogen-bond acceptors (Lipinski definition) is 4. The van der Waals surface area contributed by atoms with Crippen molar-refractivity contribution in [3.05, 3.63) is 71.0 Å². The molecular formula is C17H12F3N3OS. The molecule has 0 aliphatic rings. The Labute approximate surface area is 145 Å². The number of thiazole rings is 1. The van der Waals surface area contributed by atoms with Gasteiger partial charge in [-0.25, -0.2) is 4.98 Å². The number of hydrogen-bond donors (Lipinski definition) is 1. The predicted molar refractivity (Wildman–Crippen MR) is 88.0 cm³/mol. The van der Waals surface area contributed by atoms with Crippen molar-refractivity contribution in [3.8, 4) is 10.6 Å². The molecule has 3 aromatic rings. The molecule has 4 nitrogen and oxygen atoms in total. The number of nitrogens with zero attached hydrogens (tertiary/aromatic N) is 2. The highest BCUT2D eigenvalue weighted by Crippen LogP contribution is 2.37. The lowest BCUT2D eigenvalue weighted by atomic mass is 10.2. The number of nitrogens with one attached hydrogen (secondary N) is 1. The molecule has 1 aromatic carbocycles. The molecule has 0 unspecified atom stereocenters. The normalized spacial score (nSPS) is 11.3. The maximum atomic E-state index is 13.3. The van der Waals surface area contributed by atoms with Gasteiger partial charge in [0.15, 0.2) is 5.69 Å². The quantitative estimate of drug-likeness (QED) is 0.757. The van der Waals surface area contributed by atoms with Crippen LogP contribution in [0.15, 0.2) is 54.9 Å². The van der Waals surface area contributed by atoms with Crippen molar-refractivity contribution < 1.29 is 18.0 Å². The van der Waals surface area contributed by atoms with E-state index in [-0.39, 0.29) is 11.6 Å². The van der Waals surface area contributed by atoms with Crippen LogP contribution in [-0.2, 0) is 12.7 Å². The van der Waals surface area contributed by atoms with Crippen molar-refractivity contribution in [1.29, 1.82) is 0 Å². The summed E-state index contributed by atoms with van der Waals surface area (Å²) < 4.78 is 39.8. The summed E-state index contributed by atoms with van der Waals surface area (Å²) in [5.41, 5.74) is 0.111. The summed E-state index contributed by atoms with van der Waals surface area (Å²) in [6.07, 6.45) is -1.61. The lowest BCUT2D eigenvalue weighted by Gasteiger charge is -2.07. The van der Waals surface area contributed by atoms with Gasteiger partial charge < -0.3 is 5.32 Å². The Morgan fingerprint density at radius 1 is 1.08 bits per heavy atom. The minimum Gasteiger partial charge on any atom is -0.347 e. The van der Waals surface area contributed by atoms with Gasteiger partial charge in [-0.15, -0.1) is 11.3 Å². The molecule has 0 spiro atoms. The van der Waals surface area contributed by atoms with Crippen LogP contribution in [0.3, 0.4) is 0 Å². The van der Waals surface area contributed by atoms with Gasteiger partial charge >= 0.3 is 6.18 Å². The largest absolute Gasteiger partial charge is 0.435 e. The molecule has 2 heterocycles. The third-order valence-corrected chi connectivity index (χ3v) is 4.43. The second kappa shape index (κ2) is 7.02. The molecule has 0 saturated heterocycles. The number of rotatable bonds is 4. The smallest absolute Gasteiger partial charge is 0.347 e. The molecule has 1 N–H and O–H groups in total. The third kappa shape index (κ3) is 4.03. The molecule has 3 rings (SSSR count). The van der Waals surface area contributed by atoms with Crippen LogP contribution in [0.25, 0.3) is 10.6 Å². The van der Waals surface area contributed by atoms with Crippen molar-refractivity contribution in [2.45, 2.75) is 12.7 Å². The van der Waals surface area contributed by atoms with Gasteiger partial charge in [0.1, 0.15) is 9.88 Å². The fourth-order valence-corrected chi connectivity index (χ4v) is 3.14. The Kier molecular flexibility index (Phi) is 4.80. The van der Waals surface area contributed by atoms with Crippen LogP contribution in [0, 0.1) is 0 Å². The Morgan fingerprint density at radius 2 is 1.76 bits per heavy atom. The zero-order valence-corrected chi connectivity index (χ0v) is 13.6. The van der Waals surface area contributed by atoms with Crippen LogP contribution in [0.2, 0.25) is 0 Å². The molecule has 0 bridgehead atoms. The summed E-state index contributed by atoms with van der Waals surface area (Å²) in [6.45, 7) is 0.108. The summed E-state index contributed by atoms with van der Waals surface area (Å²) in [5, 5.41) is 2.65. The molecule has 0 fully saturated rings. The van der Waals surface area contributed by atoms with Crippen LogP contribution in [-0.4, -0.2) is 15.9 Å². The molecule has 8 heteroatoms. The molecule has 2 aromatic heterocycles. The number of amides is 1. The summed E-state index contributed by atoms with van der Waals surface area (Å²) in [7, 11) is 0. The van der Waals surface area contributed by atoms with E-state index in [9.17, 15) is 18.0 Å². The van der Waals surface area contributed by atoms with Crippen molar-refractivity contribution in [3.63, 3.8) is 0 Å². The predicted octanol–water partition coefficient (Wildman–Crippen LogP) is 4.15. The molecule has 0 saturated carbocycles. The first kappa shape index (κ1) is 17.1. The Hall–Kier alpha value is -2.74. The molecule has 1 amide bonds. The SMILES string of the molecule is O=C(NCc1ccncc1)c1sc(-c2ccccc2)nc1C(F)(F)F. The summed E-state index contributed by atoms with van der Waals surface area (Å²) in [6, 6.07) is 11.8. The molecule has 25 heavy (non-hydrogen) atoms. The number of alkyl halides is 3. The van der Waals surface area contributed by atoms with E-state index < -0.39 is 22.7 Å². The molecule has 0 aliphatic carbocycles. The summed E-state index contributed by atoms with van der Waals surface area (Å²) in [4.78, 5) is 19.3. The maximum absolute atomic E-state index is 13.3. The minimum absolute atomic E-state index is 0.108. The number of pyridine rings is 1. The highest BCUT2D eigenvalue weighted by molar-refractivity contribution is 7.17. The van der Waals surface area contributed by atoms with E-state index in [2.05, 4.69) is 15.3 Å². The highest BCUT2D eigenvalue weighted by atomic mass is 32.1. The van der Waals surface area contributed by atoms with Crippen molar-refractivity contribution >= 4 is 17.2 Å². The number of carbonyl (C=O) groups is 1. The second-order valence-electron chi connectivity index (χ2n) is 5.10. The first-order valence-corrected chi connectivity index (χ1v) is 8.07. The van der Waals surface area contributed by atoms with E-state index in [1.54, 1.807) is 54.9 Å². The molecule has 128 valence electrons. The first-order chi connectivity index (χ1) is 11.9. The van der Waals surface area contributed by atoms with Crippen LogP contribution in [0.4, 0.5) is 13.2 Å². The molecule has 0 aliphatic heterocycles. The zero-order valence-electron chi connectivity index (χ0n) is 12.7. The second-order valence-corrected chi connectivity index (χ2v) is 6.10. The Bertz CT molecular complexity index is 864. The lowest BCUT2D eigenvalue weighted by Crippen LogP contribution is -2.24. The van der Waals surface area contributed by atoms with Crippen LogP contribution in [0.5, 0.6) is 0 Å². The van der Waals surface area contributed by atoms with Crippen molar-refractivity contribution in [2.24, 2.45) is 0 Å². The standard InChI is InChI=1S/C17H12F3N3OS/c18-17(19,20)14-13(15(24)22-10-11-6-8-21-9-7-11)25-16(23-14)12-4-2-1-3-5-12/h1-9H,10H2,(H,22,24). The van der Waals surface area contributed by atoms with Crippen molar-refractivity contribution in [2.75, 3.05) is 0 Å². The van der Waals surface area contributed by atoms with E-state index in [1.165, 1.54) is 0 Å². The van der Waals surface area contributed by atoms with E-state index >= 15 is 0 Å². The van der Waals surface area contributed by atoms with Crippen LogP contribution < -0.4 is 5.32 Å².